The first kappa shape index (κ1) is 36.0. The Bertz CT molecular complexity index is 1420. The summed E-state index contributed by atoms with van der Waals surface area (Å²) in [6.07, 6.45) is 4.33. The van der Waals surface area contributed by atoms with Gasteiger partial charge in [-0.25, -0.2) is 14.0 Å². The molecular formula is C33H41ClFN5O6. The van der Waals surface area contributed by atoms with E-state index in [-0.39, 0.29) is 31.1 Å². The van der Waals surface area contributed by atoms with Crippen LogP contribution in [0.5, 0.6) is 0 Å². The third kappa shape index (κ3) is 11.5. The maximum absolute atomic E-state index is 13.9. The van der Waals surface area contributed by atoms with Crippen molar-refractivity contribution < 1.29 is 33.1 Å². The Morgan fingerprint density at radius 1 is 1.07 bits per heavy atom. The lowest BCUT2D eigenvalue weighted by Gasteiger charge is -2.26. The molecule has 4 atom stereocenters. The summed E-state index contributed by atoms with van der Waals surface area (Å²) in [6.45, 7) is 3.84. The number of ether oxygens (including phenoxy) is 1. The number of amides is 5. The van der Waals surface area contributed by atoms with Gasteiger partial charge in [0, 0.05) is 24.1 Å². The predicted molar refractivity (Wildman–Crippen MR) is 171 cm³/mol. The molecule has 1 aliphatic heterocycles. The summed E-state index contributed by atoms with van der Waals surface area (Å²) in [5.41, 5.74) is 1.18. The van der Waals surface area contributed by atoms with E-state index >= 15 is 0 Å². The Balaban J connectivity index is 1.83. The summed E-state index contributed by atoms with van der Waals surface area (Å²) >= 11 is 6.37. The van der Waals surface area contributed by atoms with Gasteiger partial charge in [-0.2, -0.15) is 0 Å². The zero-order chi connectivity index (χ0) is 33.6. The molecule has 13 heteroatoms. The molecule has 1 aliphatic rings. The third-order valence-corrected chi connectivity index (χ3v) is 7.78. The van der Waals surface area contributed by atoms with Crippen LogP contribution >= 0.6 is 11.6 Å². The highest BCUT2D eigenvalue weighted by Gasteiger charge is 2.31. The second kappa shape index (κ2) is 17.9. The molecule has 0 fully saturated rings. The van der Waals surface area contributed by atoms with Gasteiger partial charge in [0.15, 0.2) is 0 Å². The highest BCUT2D eigenvalue weighted by molar-refractivity contribution is 6.31. The molecule has 2 aromatic carbocycles. The van der Waals surface area contributed by atoms with E-state index in [4.69, 9.17) is 16.3 Å². The van der Waals surface area contributed by atoms with Gasteiger partial charge in [0.25, 0.3) is 0 Å². The molecule has 0 spiro atoms. The van der Waals surface area contributed by atoms with E-state index in [0.29, 0.717) is 35.5 Å². The van der Waals surface area contributed by atoms with Crippen molar-refractivity contribution in [3.63, 3.8) is 0 Å². The first-order chi connectivity index (χ1) is 22.0. The zero-order valence-electron chi connectivity index (χ0n) is 26.1. The largest absolute Gasteiger partial charge is 0.467 e. The highest BCUT2D eigenvalue weighted by atomic mass is 35.5. The van der Waals surface area contributed by atoms with Crippen LogP contribution in [-0.2, 0) is 36.8 Å². The van der Waals surface area contributed by atoms with Gasteiger partial charge in [-0.1, -0.05) is 61.9 Å². The van der Waals surface area contributed by atoms with Gasteiger partial charge >= 0.3 is 12.0 Å². The quantitative estimate of drug-likeness (QED) is 0.248. The number of methoxy groups -OCH3 is 1. The maximum Gasteiger partial charge on any atom is 0.328 e. The molecule has 3 rings (SSSR count). The van der Waals surface area contributed by atoms with Crippen molar-refractivity contribution in [1.82, 2.24) is 26.6 Å². The molecule has 0 saturated carbocycles. The number of hydrogen-bond acceptors (Lipinski definition) is 6. The molecule has 2 unspecified atom stereocenters. The molecule has 2 aromatic rings. The van der Waals surface area contributed by atoms with Gasteiger partial charge in [0.05, 0.1) is 13.2 Å². The Kier molecular flexibility index (Phi) is 14.0. The van der Waals surface area contributed by atoms with Crippen LogP contribution in [0.15, 0.2) is 60.7 Å². The summed E-state index contributed by atoms with van der Waals surface area (Å²) in [4.78, 5) is 64.9. The lowest BCUT2D eigenvalue weighted by Crippen LogP contribution is -2.58. The van der Waals surface area contributed by atoms with E-state index in [1.54, 1.807) is 50.2 Å². The Hall–Kier alpha value is -4.45. The van der Waals surface area contributed by atoms with Crippen LogP contribution < -0.4 is 26.6 Å². The van der Waals surface area contributed by atoms with Gasteiger partial charge in [0.1, 0.15) is 23.9 Å². The number of rotatable bonds is 10. The fraction of sp³-hybridized carbons (Fsp3) is 0.424. The first-order valence-corrected chi connectivity index (χ1v) is 15.5. The van der Waals surface area contributed by atoms with Crippen LogP contribution in [0.25, 0.3) is 0 Å². The van der Waals surface area contributed by atoms with Crippen molar-refractivity contribution in [1.29, 1.82) is 0 Å². The fourth-order valence-electron chi connectivity index (χ4n) is 4.92. The minimum absolute atomic E-state index is 0.00516. The molecule has 0 aromatic heterocycles. The number of nitrogens with one attached hydrogen (secondary N) is 5. The van der Waals surface area contributed by atoms with Crippen molar-refractivity contribution in [2.45, 2.75) is 70.1 Å². The van der Waals surface area contributed by atoms with E-state index in [1.807, 2.05) is 0 Å². The molecule has 0 saturated heterocycles. The van der Waals surface area contributed by atoms with E-state index < -0.39 is 53.8 Å². The standard InChI is InChI=1S/C33H41ClFN5O6/c1-20(2)29(32(44)46-3)40-33(45)39-27(19-22-10-4-5-12-25(22)34)31(43)38-26-13-6-7-16-36-28(41)15-14-24(37-30(26)42)18-21-9-8-11-23(35)17-21/h4-5,8-12,14-15,17,20,24,26-27,29H,6-7,13,16,18-19H2,1-3H3,(H,36,41)(H,37,42)(H,38,43)(H2,39,40,45)/b15-14+/t24-,26+,27?,29?/m1/s1. The number of benzene rings is 2. The van der Waals surface area contributed by atoms with Crippen molar-refractivity contribution in [3.05, 3.63) is 82.6 Å². The van der Waals surface area contributed by atoms with Gasteiger partial charge in [-0.15, -0.1) is 0 Å². The number of carbonyl (C=O) groups is 5. The average molecular weight is 658 g/mol. The third-order valence-electron chi connectivity index (χ3n) is 7.42. The second-order valence-corrected chi connectivity index (χ2v) is 11.8. The molecule has 5 N–H and O–H groups in total. The molecular weight excluding hydrogens is 617 g/mol. The molecule has 5 amide bonds. The topological polar surface area (TPSA) is 155 Å². The Labute approximate surface area is 273 Å². The number of esters is 1. The molecule has 1 heterocycles. The maximum atomic E-state index is 13.9. The van der Waals surface area contributed by atoms with Crippen LogP contribution in [0.1, 0.15) is 44.2 Å². The van der Waals surface area contributed by atoms with E-state index in [2.05, 4.69) is 26.6 Å². The molecule has 0 bridgehead atoms. The highest BCUT2D eigenvalue weighted by Crippen LogP contribution is 2.17. The summed E-state index contributed by atoms with van der Waals surface area (Å²) < 4.78 is 18.7. The zero-order valence-corrected chi connectivity index (χ0v) is 26.9. The van der Waals surface area contributed by atoms with E-state index in [0.717, 1.165) is 0 Å². The average Bonchev–Trinajstić information content (AvgIpc) is 3.01. The predicted octanol–water partition coefficient (Wildman–Crippen LogP) is 2.96. The number of halogens is 2. The van der Waals surface area contributed by atoms with Crippen LogP contribution in [0, 0.1) is 11.7 Å². The number of hydrogen-bond donors (Lipinski definition) is 5. The van der Waals surface area contributed by atoms with Gasteiger partial charge < -0.3 is 31.3 Å². The van der Waals surface area contributed by atoms with Gasteiger partial charge in [0.2, 0.25) is 17.7 Å². The van der Waals surface area contributed by atoms with Crippen LogP contribution in [-0.4, -0.2) is 67.5 Å². The second-order valence-electron chi connectivity index (χ2n) is 11.4. The number of carbonyl (C=O) groups excluding carboxylic acids is 5. The van der Waals surface area contributed by atoms with Crippen LogP contribution in [0.4, 0.5) is 9.18 Å². The van der Waals surface area contributed by atoms with Gasteiger partial charge in [-0.3, -0.25) is 14.4 Å². The normalized spacial score (nSPS) is 19.3. The lowest BCUT2D eigenvalue weighted by molar-refractivity contribution is -0.144. The van der Waals surface area contributed by atoms with Crippen LogP contribution in [0.2, 0.25) is 5.02 Å². The smallest absolute Gasteiger partial charge is 0.328 e. The first-order valence-electron chi connectivity index (χ1n) is 15.2. The van der Waals surface area contributed by atoms with Crippen molar-refractivity contribution in [3.8, 4) is 0 Å². The lowest BCUT2D eigenvalue weighted by atomic mass is 10.0. The fourth-order valence-corrected chi connectivity index (χ4v) is 5.13. The minimum atomic E-state index is -1.18. The molecule has 11 nitrogen and oxygen atoms in total. The van der Waals surface area contributed by atoms with Crippen molar-refractivity contribution in [2.75, 3.05) is 13.7 Å². The minimum Gasteiger partial charge on any atom is -0.467 e. The summed E-state index contributed by atoms with van der Waals surface area (Å²) in [5.74, 6) is -2.84. The molecule has 46 heavy (non-hydrogen) atoms. The molecule has 248 valence electrons. The summed E-state index contributed by atoms with van der Waals surface area (Å²) in [7, 11) is 1.21. The monoisotopic (exact) mass is 657 g/mol. The van der Waals surface area contributed by atoms with Crippen LogP contribution in [0.3, 0.4) is 0 Å². The number of urea groups is 1. The van der Waals surface area contributed by atoms with Crippen molar-refractivity contribution >= 4 is 41.3 Å². The van der Waals surface area contributed by atoms with Gasteiger partial charge in [-0.05, 0) is 60.9 Å². The van der Waals surface area contributed by atoms with Crippen molar-refractivity contribution in [2.24, 2.45) is 5.92 Å². The Morgan fingerprint density at radius 3 is 2.52 bits per heavy atom. The SMILES string of the molecule is COC(=O)C(NC(=O)NC(Cc1ccccc1Cl)C(=O)N[C@H]1CCCCNC(=O)/C=C/[C@H](Cc2cccc(F)c2)NC1=O)C(C)C. The Morgan fingerprint density at radius 2 is 1.83 bits per heavy atom. The summed E-state index contributed by atoms with van der Waals surface area (Å²) in [5, 5.41) is 14.0. The molecule has 0 aliphatic carbocycles. The van der Waals surface area contributed by atoms with E-state index in [1.165, 1.54) is 31.4 Å². The molecule has 0 radical (unpaired) electrons. The van der Waals surface area contributed by atoms with E-state index in [9.17, 15) is 28.4 Å². The summed E-state index contributed by atoms with van der Waals surface area (Å²) in [6, 6.07) is 8.15.